The maximum atomic E-state index is 13.0. The molecule has 38 heavy (non-hydrogen) atoms. The van der Waals surface area contributed by atoms with Gasteiger partial charge >= 0.3 is 5.97 Å². The van der Waals surface area contributed by atoms with Crippen LogP contribution in [0.5, 0.6) is 5.75 Å². The lowest BCUT2D eigenvalue weighted by molar-refractivity contribution is -0.123. The van der Waals surface area contributed by atoms with Gasteiger partial charge in [0.1, 0.15) is 10.8 Å². The van der Waals surface area contributed by atoms with Gasteiger partial charge in [-0.15, -0.1) is 21.5 Å². The number of thiophene rings is 1. The first-order chi connectivity index (χ1) is 18.3. The Kier molecular flexibility index (Phi) is 9.29. The SMILES string of the molecule is CCOC(=O)c1c(NC(=O)C(C)Sc2nnc(CNC(=O)COc3ccc(Cl)cc3)n2C)sc2c1CCC2. The van der Waals surface area contributed by atoms with E-state index in [1.54, 1.807) is 49.7 Å². The molecule has 10 nitrogen and oxygen atoms in total. The molecule has 0 radical (unpaired) electrons. The van der Waals surface area contributed by atoms with Gasteiger partial charge in [-0.05, 0) is 62.9 Å². The van der Waals surface area contributed by atoms with Crippen LogP contribution in [0.25, 0.3) is 0 Å². The summed E-state index contributed by atoms with van der Waals surface area (Å²) in [6.07, 6.45) is 2.71. The summed E-state index contributed by atoms with van der Waals surface area (Å²) in [7, 11) is 1.77. The van der Waals surface area contributed by atoms with Crippen molar-refractivity contribution in [2.75, 3.05) is 18.5 Å². The summed E-state index contributed by atoms with van der Waals surface area (Å²) in [6, 6.07) is 6.73. The topological polar surface area (TPSA) is 124 Å². The highest BCUT2D eigenvalue weighted by Gasteiger charge is 2.29. The first-order valence-corrected chi connectivity index (χ1v) is 14.2. The highest BCUT2D eigenvalue weighted by molar-refractivity contribution is 8.00. The molecule has 1 aliphatic carbocycles. The van der Waals surface area contributed by atoms with Crippen LogP contribution in [0.15, 0.2) is 29.4 Å². The van der Waals surface area contributed by atoms with Crippen LogP contribution in [0.4, 0.5) is 5.00 Å². The lowest BCUT2D eigenvalue weighted by Gasteiger charge is -2.12. The summed E-state index contributed by atoms with van der Waals surface area (Å²) in [5, 5.41) is 15.1. The molecule has 202 valence electrons. The van der Waals surface area contributed by atoms with Crippen LogP contribution in [0.1, 0.15) is 46.9 Å². The van der Waals surface area contributed by atoms with E-state index in [2.05, 4.69) is 20.8 Å². The quantitative estimate of drug-likeness (QED) is 0.259. The number of aromatic nitrogens is 3. The first kappa shape index (κ1) is 27.9. The Bertz CT molecular complexity index is 1320. The summed E-state index contributed by atoms with van der Waals surface area (Å²) in [5.74, 6) is 0.0961. The number of amides is 2. The van der Waals surface area contributed by atoms with E-state index in [0.717, 1.165) is 29.7 Å². The van der Waals surface area contributed by atoms with Gasteiger partial charge in [-0.2, -0.15) is 0 Å². The lowest BCUT2D eigenvalue weighted by atomic mass is 10.1. The van der Waals surface area contributed by atoms with Crippen molar-refractivity contribution in [1.29, 1.82) is 0 Å². The van der Waals surface area contributed by atoms with Crippen molar-refractivity contribution < 1.29 is 23.9 Å². The number of carbonyl (C=O) groups excluding carboxylic acids is 3. The molecule has 3 aromatic rings. The van der Waals surface area contributed by atoms with Crippen molar-refractivity contribution in [3.05, 3.63) is 51.1 Å². The lowest BCUT2D eigenvalue weighted by Crippen LogP contribution is -2.29. The van der Waals surface area contributed by atoms with Gasteiger partial charge in [-0.1, -0.05) is 23.4 Å². The number of hydrogen-bond donors (Lipinski definition) is 2. The normalized spacial score (nSPS) is 13.1. The average molecular weight is 578 g/mol. The zero-order chi connectivity index (χ0) is 27.2. The molecular formula is C25H28ClN5O5S2. The number of aryl methyl sites for hydroxylation is 1. The van der Waals surface area contributed by atoms with E-state index in [-0.39, 0.29) is 31.6 Å². The number of nitrogens with zero attached hydrogens (tertiary/aromatic N) is 3. The molecule has 2 N–H and O–H groups in total. The smallest absolute Gasteiger partial charge is 0.341 e. The molecule has 0 saturated heterocycles. The molecule has 0 spiro atoms. The predicted molar refractivity (Wildman–Crippen MR) is 146 cm³/mol. The number of ether oxygens (including phenoxy) is 2. The van der Waals surface area contributed by atoms with Gasteiger partial charge < -0.3 is 24.7 Å². The third-order valence-electron chi connectivity index (χ3n) is 5.84. The second-order valence-corrected chi connectivity index (χ2v) is 11.4. The summed E-state index contributed by atoms with van der Waals surface area (Å²) in [4.78, 5) is 38.9. The minimum atomic E-state index is -0.514. The number of fused-ring (bicyclic) bond motifs is 1. The first-order valence-electron chi connectivity index (χ1n) is 12.1. The number of hydrogen-bond acceptors (Lipinski definition) is 9. The molecule has 2 amide bonds. The molecule has 0 bridgehead atoms. The molecule has 4 rings (SSSR count). The van der Waals surface area contributed by atoms with Crippen LogP contribution < -0.4 is 15.4 Å². The van der Waals surface area contributed by atoms with Gasteiger partial charge in [-0.3, -0.25) is 9.59 Å². The molecule has 2 heterocycles. The fourth-order valence-electron chi connectivity index (χ4n) is 3.85. The number of benzene rings is 1. The van der Waals surface area contributed by atoms with Crippen molar-refractivity contribution in [3.8, 4) is 5.75 Å². The molecule has 0 fully saturated rings. The van der Waals surface area contributed by atoms with Gasteiger partial charge in [0.25, 0.3) is 5.91 Å². The summed E-state index contributed by atoms with van der Waals surface area (Å²) in [6.45, 7) is 3.79. The summed E-state index contributed by atoms with van der Waals surface area (Å²) >= 11 is 8.52. The molecular weight excluding hydrogens is 550 g/mol. The van der Waals surface area contributed by atoms with Gasteiger partial charge in [-0.25, -0.2) is 4.79 Å². The molecule has 1 aromatic carbocycles. The molecule has 1 aliphatic rings. The second kappa shape index (κ2) is 12.6. The van der Waals surface area contributed by atoms with E-state index in [0.29, 0.717) is 32.3 Å². The zero-order valence-corrected chi connectivity index (χ0v) is 23.6. The Morgan fingerprint density at radius 2 is 1.97 bits per heavy atom. The monoisotopic (exact) mass is 577 g/mol. The standard InChI is InChI=1S/C25H28ClN5O5S2/c1-4-35-24(34)21-17-6-5-7-18(17)38-23(21)28-22(33)14(2)37-25-30-29-19(31(25)3)12-27-20(32)13-36-16-10-8-15(26)9-11-16/h8-11,14H,4-7,12-13H2,1-3H3,(H,27,32)(H,28,33). The Labute approximate surface area is 233 Å². The number of esters is 1. The molecule has 0 saturated carbocycles. The Balaban J connectivity index is 1.31. The van der Waals surface area contributed by atoms with Crippen LogP contribution in [-0.2, 0) is 40.8 Å². The van der Waals surface area contributed by atoms with E-state index in [1.165, 1.54) is 23.1 Å². The van der Waals surface area contributed by atoms with Crippen LogP contribution in [0.3, 0.4) is 0 Å². The van der Waals surface area contributed by atoms with E-state index >= 15 is 0 Å². The van der Waals surface area contributed by atoms with Gasteiger partial charge in [0.05, 0.1) is 24.0 Å². The van der Waals surface area contributed by atoms with Crippen molar-refractivity contribution in [1.82, 2.24) is 20.1 Å². The van der Waals surface area contributed by atoms with Crippen molar-refractivity contribution in [2.45, 2.75) is 50.1 Å². The van der Waals surface area contributed by atoms with Crippen LogP contribution in [0.2, 0.25) is 5.02 Å². The van der Waals surface area contributed by atoms with Crippen molar-refractivity contribution in [2.24, 2.45) is 7.05 Å². The molecule has 13 heteroatoms. The van der Waals surface area contributed by atoms with E-state index in [9.17, 15) is 14.4 Å². The number of thioether (sulfide) groups is 1. The fraction of sp³-hybridized carbons (Fsp3) is 0.400. The summed E-state index contributed by atoms with van der Waals surface area (Å²) in [5.41, 5.74) is 1.47. The number of anilines is 1. The van der Waals surface area contributed by atoms with E-state index in [1.807, 2.05) is 0 Å². The van der Waals surface area contributed by atoms with Gasteiger partial charge in [0.15, 0.2) is 17.6 Å². The zero-order valence-electron chi connectivity index (χ0n) is 21.2. The Morgan fingerprint density at radius 3 is 2.71 bits per heavy atom. The minimum absolute atomic E-state index is 0.150. The maximum absolute atomic E-state index is 13.0. The van der Waals surface area contributed by atoms with E-state index < -0.39 is 11.2 Å². The Morgan fingerprint density at radius 1 is 1.21 bits per heavy atom. The highest BCUT2D eigenvalue weighted by atomic mass is 35.5. The maximum Gasteiger partial charge on any atom is 0.341 e. The highest BCUT2D eigenvalue weighted by Crippen LogP contribution is 2.40. The third kappa shape index (κ3) is 6.66. The van der Waals surface area contributed by atoms with Crippen LogP contribution in [-0.4, -0.2) is 51.0 Å². The predicted octanol–water partition coefficient (Wildman–Crippen LogP) is 4.01. The van der Waals surface area contributed by atoms with Gasteiger partial charge in [0.2, 0.25) is 5.91 Å². The van der Waals surface area contributed by atoms with Gasteiger partial charge in [0, 0.05) is 16.9 Å². The minimum Gasteiger partial charge on any atom is -0.484 e. The van der Waals surface area contributed by atoms with Crippen LogP contribution in [0, 0.1) is 0 Å². The van der Waals surface area contributed by atoms with Crippen LogP contribution >= 0.6 is 34.7 Å². The average Bonchev–Trinajstić information content (AvgIpc) is 3.57. The number of rotatable bonds is 11. The summed E-state index contributed by atoms with van der Waals surface area (Å²) < 4.78 is 12.4. The Hall–Kier alpha value is -3.09. The van der Waals surface area contributed by atoms with E-state index in [4.69, 9.17) is 21.1 Å². The van der Waals surface area contributed by atoms with Crippen molar-refractivity contribution >= 4 is 57.5 Å². The molecule has 2 aromatic heterocycles. The third-order valence-corrected chi connectivity index (χ3v) is 8.43. The number of halogens is 1. The molecule has 1 atom stereocenters. The second-order valence-electron chi connectivity index (χ2n) is 8.51. The largest absolute Gasteiger partial charge is 0.484 e. The number of nitrogens with one attached hydrogen (secondary N) is 2. The number of carbonyl (C=O) groups is 3. The molecule has 1 unspecified atom stereocenters. The fourth-order valence-corrected chi connectivity index (χ4v) is 6.09. The van der Waals surface area contributed by atoms with Crippen molar-refractivity contribution in [3.63, 3.8) is 0 Å². The molecule has 0 aliphatic heterocycles.